The summed E-state index contributed by atoms with van der Waals surface area (Å²) in [6.45, 7) is 10.1. The first-order valence-corrected chi connectivity index (χ1v) is 10.3. The number of quaternary nitrogens is 1. The van der Waals surface area contributed by atoms with Crippen LogP contribution >= 0.6 is 11.3 Å². The van der Waals surface area contributed by atoms with Crippen LogP contribution < -0.4 is 10.2 Å². The molecule has 1 aliphatic rings. The summed E-state index contributed by atoms with van der Waals surface area (Å²) in [6.07, 6.45) is 6.23. The highest BCUT2D eigenvalue weighted by atomic mass is 32.1. The second-order valence-corrected chi connectivity index (χ2v) is 8.29. The Morgan fingerprint density at radius 2 is 2.19 bits per heavy atom. The SMILES string of the molecule is CC[NH+]1CCC[C@H]1CNc1nc(-c2cccnc2)nc2sc(C)c(C)c12. The van der Waals surface area contributed by atoms with E-state index in [1.807, 2.05) is 18.3 Å². The molecule has 0 amide bonds. The molecule has 2 atom stereocenters. The Kier molecular flexibility index (Phi) is 4.87. The van der Waals surface area contributed by atoms with E-state index < -0.39 is 0 Å². The fourth-order valence-corrected chi connectivity index (χ4v) is 4.95. The monoisotopic (exact) mass is 368 g/mol. The van der Waals surface area contributed by atoms with Crippen LogP contribution in [0.4, 0.5) is 5.82 Å². The van der Waals surface area contributed by atoms with Gasteiger partial charge in [-0.15, -0.1) is 11.3 Å². The fraction of sp³-hybridized carbons (Fsp3) is 0.450. The summed E-state index contributed by atoms with van der Waals surface area (Å²) >= 11 is 1.75. The van der Waals surface area contributed by atoms with Crippen LogP contribution in [0.5, 0.6) is 0 Å². The van der Waals surface area contributed by atoms with Gasteiger partial charge >= 0.3 is 0 Å². The Bertz CT molecular complexity index is 905. The molecular weight excluding hydrogens is 342 g/mol. The molecular formula is C20H26N5S+. The van der Waals surface area contributed by atoms with Gasteiger partial charge in [-0.3, -0.25) is 4.98 Å². The standard InChI is InChI=1S/C20H25N5S/c1-4-25-10-6-8-16(25)12-22-19-17-13(2)14(3)26-20(17)24-18(23-19)15-7-5-9-21-11-15/h5,7,9,11,16H,4,6,8,10,12H2,1-3H3,(H,22,23,24)/p+1/t16-/m0/s1. The van der Waals surface area contributed by atoms with Crippen LogP contribution in [-0.4, -0.2) is 40.6 Å². The lowest BCUT2D eigenvalue weighted by Crippen LogP contribution is -3.14. The second kappa shape index (κ2) is 7.29. The molecule has 1 aliphatic heterocycles. The van der Waals surface area contributed by atoms with Crippen molar-refractivity contribution in [3.05, 3.63) is 35.0 Å². The molecule has 1 saturated heterocycles. The number of likely N-dealkylation sites (tertiary alicyclic amines) is 1. The molecule has 0 bridgehead atoms. The Morgan fingerprint density at radius 1 is 1.31 bits per heavy atom. The number of anilines is 1. The first-order chi connectivity index (χ1) is 12.7. The van der Waals surface area contributed by atoms with Crippen molar-refractivity contribution in [1.29, 1.82) is 0 Å². The van der Waals surface area contributed by atoms with Crippen molar-refractivity contribution >= 4 is 27.4 Å². The number of hydrogen-bond acceptors (Lipinski definition) is 5. The maximum atomic E-state index is 4.89. The minimum absolute atomic E-state index is 0.673. The number of aryl methyl sites for hydroxylation is 2. The summed E-state index contributed by atoms with van der Waals surface area (Å²) in [5, 5.41) is 4.85. The Balaban J connectivity index is 1.71. The number of aromatic nitrogens is 3. The highest BCUT2D eigenvalue weighted by molar-refractivity contribution is 7.18. The maximum absolute atomic E-state index is 4.89. The summed E-state index contributed by atoms with van der Waals surface area (Å²) < 4.78 is 0. The molecule has 4 rings (SSSR count). The smallest absolute Gasteiger partial charge is 0.164 e. The van der Waals surface area contributed by atoms with Gasteiger partial charge in [-0.2, -0.15) is 0 Å². The quantitative estimate of drug-likeness (QED) is 0.727. The van der Waals surface area contributed by atoms with Crippen LogP contribution in [0.1, 0.15) is 30.2 Å². The van der Waals surface area contributed by atoms with Crippen molar-refractivity contribution in [3.8, 4) is 11.4 Å². The van der Waals surface area contributed by atoms with Gasteiger partial charge in [0.1, 0.15) is 16.7 Å². The fourth-order valence-electron chi connectivity index (χ4n) is 3.92. The first-order valence-electron chi connectivity index (χ1n) is 9.44. The molecule has 0 saturated carbocycles. The number of thiophene rings is 1. The lowest BCUT2D eigenvalue weighted by Gasteiger charge is -2.20. The van der Waals surface area contributed by atoms with Gasteiger partial charge in [0.15, 0.2) is 5.82 Å². The number of pyridine rings is 1. The predicted molar refractivity (Wildman–Crippen MR) is 108 cm³/mol. The Hall–Kier alpha value is -2.05. The van der Waals surface area contributed by atoms with Gasteiger partial charge in [0.2, 0.25) is 0 Å². The van der Waals surface area contributed by atoms with Crippen molar-refractivity contribution < 1.29 is 4.90 Å². The van der Waals surface area contributed by atoms with E-state index in [0.29, 0.717) is 6.04 Å². The molecule has 0 aromatic carbocycles. The molecule has 4 heterocycles. The summed E-state index contributed by atoms with van der Waals surface area (Å²) in [4.78, 5) is 18.0. The zero-order valence-corrected chi connectivity index (χ0v) is 16.5. The summed E-state index contributed by atoms with van der Waals surface area (Å²) in [5.74, 6) is 1.72. The van der Waals surface area contributed by atoms with Crippen molar-refractivity contribution in [3.63, 3.8) is 0 Å². The molecule has 0 aliphatic carbocycles. The van der Waals surface area contributed by atoms with Gasteiger partial charge in [-0.05, 0) is 38.5 Å². The van der Waals surface area contributed by atoms with E-state index in [2.05, 4.69) is 31.1 Å². The lowest BCUT2D eigenvalue weighted by molar-refractivity contribution is -0.908. The van der Waals surface area contributed by atoms with Gasteiger partial charge in [0.05, 0.1) is 25.0 Å². The van der Waals surface area contributed by atoms with Crippen LogP contribution in [-0.2, 0) is 0 Å². The summed E-state index contributed by atoms with van der Waals surface area (Å²) in [6, 6.07) is 4.62. The molecule has 0 spiro atoms. The third-order valence-corrected chi connectivity index (χ3v) is 6.65. The minimum atomic E-state index is 0.673. The number of hydrogen-bond donors (Lipinski definition) is 2. The first kappa shape index (κ1) is 17.4. The highest BCUT2D eigenvalue weighted by Gasteiger charge is 2.27. The van der Waals surface area contributed by atoms with Crippen molar-refractivity contribution in [2.24, 2.45) is 0 Å². The third-order valence-electron chi connectivity index (χ3n) is 5.55. The van der Waals surface area contributed by atoms with Gasteiger partial charge < -0.3 is 10.2 Å². The average molecular weight is 369 g/mol. The molecule has 3 aromatic rings. The van der Waals surface area contributed by atoms with Crippen molar-refractivity contribution in [2.75, 3.05) is 25.0 Å². The van der Waals surface area contributed by atoms with E-state index in [1.165, 1.54) is 41.8 Å². The summed E-state index contributed by atoms with van der Waals surface area (Å²) in [7, 11) is 0. The van der Waals surface area contributed by atoms with E-state index in [9.17, 15) is 0 Å². The van der Waals surface area contributed by atoms with Gasteiger partial charge in [0.25, 0.3) is 0 Å². The highest BCUT2D eigenvalue weighted by Crippen LogP contribution is 2.34. The van der Waals surface area contributed by atoms with E-state index in [1.54, 1.807) is 22.4 Å². The molecule has 5 nitrogen and oxygen atoms in total. The Morgan fingerprint density at radius 3 is 2.96 bits per heavy atom. The number of likely N-dealkylation sites (N-methyl/N-ethyl adjacent to an activating group) is 1. The van der Waals surface area contributed by atoms with Crippen LogP contribution in [0.2, 0.25) is 0 Å². The molecule has 3 aromatic heterocycles. The number of nitrogens with one attached hydrogen (secondary N) is 2. The zero-order valence-electron chi connectivity index (χ0n) is 15.7. The minimum Gasteiger partial charge on any atom is -0.363 e. The third kappa shape index (κ3) is 3.19. The molecule has 6 heteroatoms. The van der Waals surface area contributed by atoms with E-state index >= 15 is 0 Å². The Labute approximate surface area is 158 Å². The van der Waals surface area contributed by atoms with Crippen molar-refractivity contribution in [2.45, 2.75) is 39.7 Å². The average Bonchev–Trinajstić information content (AvgIpc) is 3.24. The number of nitrogens with zero attached hydrogens (tertiary/aromatic N) is 3. The summed E-state index contributed by atoms with van der Waals surface area (Å²) in [5.41, 5.74) is 2.25. The normalized spacial score (nSPS) is 20.0. The molecule has 1 unspecified atom stereocenters. The van der Waals surface area contributed by atoms with Gasteiger partial charge in [-0.1, -0.05) is 0 Å². The second-order valence-electron chi connectivity index (χ2n) is 7.08. The predicted octanol–water partition coefficient (Wildman–Crippen LogP) is 2.85. The van der Waals surface area contributed by atoms with Gasteiger partial charge in [0, 0.05) is 35.7 Å². The molecule has 1 fully saturated rings. The molecule has 136 valence electrons. The largest absolute Gasteiger partial charge is 0.363 e. The van der Waals surface area contributed by atoms with Gasteiger partial charge in [-0.25, -0.2) is 9.97 Å². The molecule has 0 radical (unpaired) electrons. The van der Waals surface area contributed by atoms with Crippen LogP contribution in [0.3, 0.4) is 0 Å². The van der Waals surface area contributed by atoms with Crippen LogP contribution in [0, 0.1) is 13.8 Å². The topological polar surface area (TPSA) is 55.1 Å². The maximum Gasteiger partial charge on any atom is 0.164 e. The van der Waals surface area contributed by atoms with Crippen LogP contribution in [0.15, 0.2) is 24.5 Å². The molecule has 2 N–H and O–H groups in total. The lowest BCUT2D eigenvalue weighted by atomic mass is 10.2. The van der Waals surface area contributed by atoms with Crippen molar-refractivity contribution in [1.82, 2.24) is 15.0 Å². The molecule has 26 heavy (non-hydrogen) atoms. The van der Waals surface area contributed by atoms with E-state index in [-0.39, 0.29) is 0 Å². The number of fused-ring (bicyclic) bond motifs is 1. The van der Waals surface area contributed by atoms with E-state index in [4.69, 9.17) is 9.97 Å². The number of rotatable bonds is 5. The van der Waals surface area contributed by atoms with E-state index in [0.717, 1.165) is 28.6 Å². The zero-order chi connectivity index (χ0) is 18.1. The van der Waals surface area contributed by atoms with Crippen LogP contribution in [0.25, 0.3) is 21.6 Å².